The summed E-state index contributed by atoms with van der Waals surface area (Å²) in [5.41, 5.74) is 1.78. The van der Waals surface area contributed by atoms with Crippen LogP contribution < -0.4 is 0 Å². The average molecular weight is 416 g/mol. The van der Waals surface area contributed by atoms with Crippen molar-refractivity contribution in [3.05, 3.63) is 63.0 Å². The predicted octanol–water partition coefficient (Wildman–Crippen LogP) is 5.04. The fourth-order valence-electron chi connectivity index (χ4n) is 4.26. The van der Waals surface area contributed by atoms with Gasteiger partial charge in [-0.25, -0.2) is 13.2 Å². The second-order valence-corrected chi connectivity index (χ2v) is 8.65. The van der Waals surface area contributed by atoms with Crippen LogP contribution in [0.4, 0.5) is 13.2 Å². The van der Waals surface area contributed by atoms with E-state index < -0.39 is 23.8 Å². The molecular weight excluding hydrogens is 397 g/mol. The van der Waals surface area contributed by atoms with Crippen molar-refractivity contribution >= 4 is 17.0 Å². The molecule has 8 heteroatoms. The van der Waals surface area contributed by atoms with Gasteiger partial charge in [-0.3, -0.25) is 9.56 Å². The largest absolute Gasteiger partial charge is 0.273 e. The zero-order valence-corrected chi connectivity index (χ0v) is 16.9. The quantitative estimate of drug-likeness (QED) is 0.522. The molecule has 2 aliphatic rings. The maximum absolute atomic E-state index is 14.8. The van der Waals surface area contributed by atoms with E-state index in [0.717, 1.165) is 15.4 Å². The van der Waals surface area contributed by atoms with E-state index in [1.807, 2.05) is 18.4 Å². The van der Waals surface area contributed by atoms with Crippen molar-refractivity contribution in [2.45, 2.75) is 51.7 Å². The first-order valence-corrected chi connectivity index (χ1v) is 10.5. The molecule has 0 bridgehead atoms. The molecule has 3 aromatic rings. The number of rotatable bonds is 1. The third-order valence-electron chi connectivity index (χ3n) is 5.61. The van der Waals surface area contributed by atoms with Crippen molar-refractivity contribution in [3.8, 4) is 5.00 Å². The zero-order valence-electron chi connectivity index (χ0n) is 16.0. The zero-order chi connectivity index (χ0) is 20.3. The number of aliphatic imine (C=N–C) groups is 1. The van der Waals surface area contributed by atoms with Gasteiger partial charge in [0.1, 0.15) is 34.7 Å². The van der Waals surface area contributed by atoms with E-state index in [0.29, 0.717) is 42.9 Å². The lowest BCUT2D eigenvalue weighted by molar-refractivity contribution is 0.314. The van der Waals surface area contributed by atoms with Crippen LogP contribution >= 0.6 is 11.3 Å². The number of alkyl halides is 1. The molecule has 0 saturated heterocycles. The molecule has 29 heavy (non-hydrogen) atoms. The molecule has 0 N–H and O–H groups in total. The Morgan fingerprint density at radius 3 is 2.66 bits per heavy atom. The van der Waals surface area contributed by atoms with Gasteiger partial charge in [0, 0.05) is 16.9 Å². The molecule has 1 aliphatic carbocycles. The van der Waals surface area contributed by atoms with Gasteiger partial charge in [-0.1, -0.05) is 6.07 Å². The lowest BCUT2D eigenvalue weighted by atomic mass is 9.96. The molecule has 0 spiro atoms. The van der Waals surface area contributed by atoms with Gasteiger partial charge in [0.15, 0.2) is 5.82 Å². The molecule has 1 aromatic carbocycles. The van der Waals surface area contributed by atoms with Gasteiger partial charge in [-0.15, -0.1) is 21.5 Å². The van der Waals surface area contributed by atoms with E-state index in [2.05, 4.69) is 10.2 Å². The van der Waals surface area contributed by atoms with Crippen molar-refractivity contribution in [1.82, 2.24) is 14.8 Å². The summed E-state index contributed by atoms with van der Waals surface area (Å²) in [6.07, 6.45) is 1.23. The Hall–Kier alpha value is -2.48. The van der Waals surface area contributed by atoms with Crippen LogP contribution in [0.2, 0.25) is 0 Å². The van der Waals surface area contributed by atoms with Crippen LogP contribution in [-0.4, -0.2) is 26.6 Å². The molecule has 4 nitrogen and oxygen atoms in total. The number of benzene rings is 1. The molecule has 1 aliphatic heterocycles. The fourth-order valence-corrected chi connectivity index (χ4v) is 5.73. The number of hydrogen-bond donors (Lipinski definition) is 0. The third kappa shape index (κ3) is 2.84. The van der Waals surface area contributed by atoms with Gasteiger partial charge in [-0.2, -0.15) is 0 Å². The molecule has 2 aromatic heterocycles. The minimum absolute atomic E-state index is 0.140. The van der Waals surface area contributed by atoms with Gasteiger partial charge < -0.3 is 0 Å². The minimum Gasteiger partial charge on any atom is -0.273 e. The summed E-state index contributed by atoms with van der Waals surface area (Å²) in [5, 5.41) is 9.22. The van der Waals surface area contributed by atoms with Crippen LogP contribution in [0.25, 0.3) is 5.00 Å². The summed E-state index contributed by atoms with van der Waals surface area (Å²) >= 11 is 1.46. The first-order valence-electron chi connectivity index (χ1n) is 9.69. The van der Waals surface area contributed by atoms with E-state index in [1.54, 1.807) is 0 Å². The maximum Gasteiger partial charge on any atom is 0.162 e. The molecular formula is C21H19F3N4S. The van der Waals surface area contributed by atoms with Gasteiger partial charge in [0.2, 0.25) is 0 Å². The Morgan fingerprint density at radius 2 is 1.90 bits per heavy atom. The molecule has 0 amide bonds. The van der Waals surface area contributed by atoms with Crippen LogP contribution in [-0.2, 0) is 12.8 Å². The first-order chi connectivity index (χ1) is 14.0. The third-order valence-corrected chi connectivity index (χ3v) is 6.85. The predicted molar refractivity (Wildman–Crippen MR) is 106 cm³/mol. The minimum atomic E-state index is -0.912. The van der Waals surface area contributed by atoms with Crippen LogP contribution in [0, 0.1) is 18.6 Å². The number of fused-ring (bicyclic) bond motifs is 5. The van der Waals surface area contributed by atoms with E-state index in [-0.39, 0.29) is 11.3 Å². The number of hydrogen-bond acceptors (Lipinski definition) is 4. The Labute approximate surface area is 170 Å². The number of halogens is 3. The topological polar surface area (TPSA) is 43.1 Å². The van der Waals surface area contributed by atoms with Gasteiger partial charge in [-0.05, 0) is 50.8 Å². The van der Waals surface area contributed by atoms with Crippen LogP contribution in [0.5, 0.6) is 0 Å². The highest BCUT2D eigenvalue weighted by atomic mass is 32.1. The SMILES string of the molecule is Cc1nnc2n1-c1sc3c(c1C(c1c(F)cccc1F)=N[C@H]2C)CCC[C@H](F)C3. The molecule has 0 radical (unpaired) electrons. The average Bonchev–Trinajstić information content (AvgIpc) is 3.11. The van der Waals surface area contributed by atoms with Crippen molar-refractivity contribution in [2.75, 3.05) is 0 Å². The molecule has 0 unspecified atom stereocenters. The van der Waals surface area contributed by atoms with Crippen molar-refractivity contribution in [2.24, 2.45) is 4.99 Å². The standard InChI is InChI=1S/C21H19F3N4S/c1-10-20-27-26-11(2)28(20)21-17(13-6-3-5-12(22)9-16(13)29-21)19(25-10)18-14(23)7-4-8-15(18)24/h4,7-8,10,12H,3,5-6,9H2,1-2H3/t10-,12-/m0/s1. The van der Waals surface area contributed by atoms with Crippen LogP contribution in [0.3, 0.4) is 0 Å². The highest BCUT2D eigenvalue weighted by Crippen LogP contribution is 2.42. The summed E-state index contributed by atoms with van der Waals surface area (Å²) in [5.74, 6) is -0.0306. The second-order valence-electron chi connectivity index (χ2n) is 7.57. The number of aromatic nitrogens is 3. The smallest absolute Gasteiger partial charge is 0.162 e. The van der Waals surface area contributed by atoms with Crippen molar-refractivity contribution in [3.63, 3.8) is 0 Å². The molecule has 3 heterocycles. The Kier molecular flexibility index (Phi) is 4.34. The van der Waals surface area contributed by atoms with Gasteiger partial charge >= 0.3 is 0 Å². The normalized spacial score (nSPS) is 20.9. The monoisotopic (exact) mass is 416 g/mol. The lowest BCUT2D eigenvalue weighted by Crippen LogP contribution is -2.12. The van der Waals surface area contributed by atoms with E-state index >= 15 is 0 Å². The summed E-state index contributed by atoms with van der Waals surface area (Å²) in [6, 6.07) is 3.39. The van der Waals surface area contributed by atoms with E-state index in [4.69, 9.17) is 4.99 Å². The summed E-state index contributed by atoms with van der Waals surface area (Å²) < 4.78 is 45.8. The summed E-state index contributed by atoms with van der Waals surface area (Å²) in [7, 11) is 0. The maximum atomic E-state index is 14.8. The van der Waals surface area contributed by atoms with Crippen LogP contribution in [0.1, 0.15) is 59.0 Å². The molecule has 5 rings (SSSR count). The van der Waals surface area contributed by atoms with E-state index in [9.17, 15) is 13.2 Å². The second kappa shape index (κ2) is 6.79. The van der Waals surface area contributed by atoms with Gasteiger partial charge in [0.05, 0.1) is 11.3 Å². The van der Waals surface area contributed by atoms with Crippen molar-refractivity contribution < 1.29 is 13.2 Å². The Balaban J connectivity index is 1.86. The number of thiophene rings is 1. The molecule has 2 atom stereocenters. The van der Waals surface area contributed by atoms with Crippen molar-refractivity contribution in [1.29, 1.82) is 0 Å². The highest BCUT2D eigenvalue weighted by Gasteiger charge is 2.34. The Morgan fingerprint density at radius 1 is 1.14 bits per heavy atom. The molecule has 0 fully saturated rings. The van der Waals surface area contributed by atoms with E-state index in [1.165, 1.54) is 29.5 Å². The van der Waals surface area contributed by atoms with Gasteiger partial charge in [0.25, 0.3) is 0 Å². The summed E-state index contributed by atoms with van der Waals surface area (Å²) in [6.45, 7) is 3.68. The summed E-state index contributed by atoms with van der Waals surface area (Å²) in [4.78, 5) is 5.63. The first kappa shape index (κ1) is 18.5. The Bertz CT molecular complexity index is 1130. The fraction of sp³-hybridized carbons (Fsp3) is 0.381. The lowest BCUT2D eigenvalue weighted by Gasteiger charge is -2.12. The molecule has 0 saturated carbocycles. The highest BCUT2D eigenvalue weighted by molar-refractivity contribution is 7.15. The number of aryl methyl sites for hydroxylation is 1. The molecule has 150 valence electrons. The number of nitrogens with zero attached hydrogens (tertiary/aromatic N) is 4. The van der Waals surface area contributed by atoms with Crippen LogP contribution in [0.15, 0.2) is 23.2 Å².